The zero-order valence-corrected chi connectivity index (χ0v) is 13.7. The molecule has 0 aliphatic carbocycles. The van der Waals surface area contributed by atoms with Gasteiger partial charge >= 0.3 is 6.61 Å². The third-order valence-corrected chi connectivity index (χ3v) is 3.62. The van der Waals surface area contributed by atoms with Crippen molar-refractivity contribution in [2.75, 3.05) is 7.11 Å². The number of carbonyl (C=O) groups excluding carboxylic acids is 1. The van der Waals surface area contributed by atoms with Gasteiger partial charge in [-0.05, 0) is 29.8 Å². The number of alkyl halides is 2. The second-order valence-electron chi connectivity index (χ2n) is 5.24. The zero-order valence-electron chi connectivity index (χ0n) is 13.7. The van der Waals surface area contributed by atoms with Gasteiger partial charge in [-0.15, -0.1) is 0 Å². The van der Waals surface area contributed by atoms with Crippen LogP contribution in [0.3, 0.4) is 0 Å². The van der Waals surface area contributed by atoms with Crippen LogP contribution in [0.15, 0.2) is 53.8 Å². The van der Waals surface area contributed by atoms with Gasteiger partial charge in [-0.2, -0.15) is 13.9 Å². The number of aromatic nitrogens is 1. The smallest absolute Gasteiger partial charge is 0.387 e. The fourth-order valence-electron chi connectivity index (χ4n) is 2.44. The van der Waals surface area contributed by atoms with E-state index in [4.69, 9.17) is 4.74 Å². The van der Waals surface area contributed by atoms with E-state index in [1.807, 2.05) is 24.3 Å². The van der Waals surface area contributed by atoms with Gasteiger partial charge in [0, 0.05) is 17.1 Å². The number of fused-ring (bicyclic) bond motifs is 1. The van der Waals surface area contributed by atoms with E-state index in [0.717, 1.165) is 10.9 Å². The fraction of sp³-hybridized carbons (Fsp3) is 0.111. The van der Waals surface area contributed by atoms with Gasteiger partial charge in [0.15, 0.2) is 11.5 Å². The molecular formula is C18H15F2N3O3. The van der Waals surface area contributed by atoms with Crippen molar-refractivity contribution in [2.45, 2.75) is 6.61 Å². The Morgan fingerprint density at radius 3 is 2.81 bits per heavy atom. The summed E-state index contributed by atoms with van der Waals surface area (Å²) in [5.41, 5.74) is 4.29. The molecule has 0 atom stereocenters. The van der Waals surface area contributed by atoms with Crippen LogP contribution in [0, 0.1) is 0 Å². The highest BCUT2D eigenvalue weighted by molar-refractivity contribution is 6.06. The van der Waals surface area contributed by atoms with Crippen molar-refractivity contribution in [3.8, 4) is 11.5 Å². The van der Waals surface area contributed by atoms with Crippen molar-refractivity contribution >= 4 is 23.0 Å². The molecule has 1 amide bonds. The molecule has 134 valence electrons. The number of halogens is 2. The number of methoxy groups -OCH3 is 1. The van der Waals surface area contributed by atoms with Crippen molar-refractivity contribution in [1.29, 1.82) is 0 Å². The van der Waals surface area contributed by atoms with Gasteiger partial charge in [0.25, 0.3) is 5.91 Å². The molecule has 2 N–H and O–H groups in total. The molecule has 0 aliphatic heterocycles. The predicted octanol–water partition coefficient (Wildman–Crippen LogP) is 3.54. The Morgan fingerprint density at radius 2 is 2.04 bits per heavy atom. The molecule has 6 nitrogen and oxygen atoms in total. The Labute approximate surface area is 147 Å². The first-order valence-electron chi connectivity index (χ1n) is 7.61. The highest BCUT2D eigenvalue weighted by Gasteiger charge is 2.12. The number of hydrazone groups is 1. The highest BCUT2D eigenvalue weighted by Crippen LogP contribution is 2.28. The number of aromatic amines is 1. The SMILES string of the molecule is COc1cc(/C=N/NC(=O)c2c[nH]c3ccccc23)ccc1OC(F)F. The molecule has 0 radical (unpaired) electrons. The molecule has 3 aromatic rings. The largest absolute Gasteiger partial charge is 0.493 e. The average Bonchev–Trinajstić information content (AvgIpc) is 3.06. The second kappa shape index (κ2) is 7.64. The lowest BCUT2D eigenvalue weighted by molar-refractivity contribution is -0.0512. The summed E-state index contributed by atoms with van der Waals surface area (Å²) in [6.45, 7) is -2.95. The first kappa shape index (κ1) is 17.4. The Kier molecular flexibility index (Phi) is 5.12. The quantitative estimate of drug-likeness (QED) is 0.522. The van der Waals surface area contributed by atoms with E-state index < -0.39 is 6.61 Å². The number of amides is 1. The van der Waals surface area contributed by atoms with Crippen LogP contribution in [0.5, 0.6) is 11.5 Å². The number of nitrogens with zero attached hydrogens (tertiary/aromatic N) is 1. The highest BCUT2D eigenvalue weighted by atomic mass is 19.3. The van der Waals surface area contributed by atoms with Crippen molar-refractivity contribution < 1.29 is 23.0 Å². The summed E-state index contributed by atoms with van der Waals surface area (Å²) in [5.74, 6) is -0.317. The lowest BCUT2D eigenvalue weighted by Crippen LogP contribution is -2.17. The van der Waals surface area contributed by atoms with Crippen molar-refractivity contribution in [1.82, 2.24) is 10.4 Å². The Balaban J connectivity index is 1.71. The number of ether oxygens (including phenoxy) is 2. The summed E-state index contributed by atoms with van der Waals surface area (Å²) >= 11 is 0. The fourth-order valence-corrected chi connectivity index (χ4v) is 2.44. The number of para-hydroxylation sites is 1. The molecule has 0 unspecified atom stereocenters. The van der Waals surface area contributed by atoms with Gasteiger partial charge in [-0.3, -0.25) is 4.79 Å². The molecule has 1 heterocycles. The molecule has 1 aromatic heterocycles. The maximum absolute atomic E-state index is 12.3. The van der Waals surface area contributed by atoms with Gasteiger partial charge in [-0.25, -0.2) is 5.43 Å². The van der Waals surface area contributed by atoms with Crippen LogP contribution in [0.2, 0.25) is 0 Å². The molecule has 2 aromatic carbocycles. The normalized spacial score (nSPS) is 11.2. The van der Waals surface area contributed by atoms with Crippen LogP contribution in [0.25, 0.3) is 10.9 Å². The van der Waals surface area contributed by atoms with Gasteiger partial charge in [0.1, 0.15) is 0 Å². The van der Waals surface area contributed by atoms with Crippen molar-refractivity contribution in [2.24, 2.45) is 5.10 Å². The number of carbonyl (C=O) groups is 1. The van der Waals surface area contributed by atoms with Gasteiger partial charge in [0.05, 0.1) is 18.9 Å². The number of rotatable bonds is 6. The molecule has 0 saturated carbocycles. The first-order valence-corrected chi connectivity index (χ1v) is 7.61. The van der Waals surface area contributed by atoms with Gasteiger partial charge in [0.2, 0.25) is 0 Å². The maximum Gasteiger partial charge on any atom is 0.387 e. The molecule has 26 heavy (non-hydrogen) atoms. The van der Waals surface area contributed by atoms with Gasteiger partial charge < -0.3 is 14.5 Å². The minimum Gasteiger partial charge on any atom is -0.493 e. The molecule has 0 fully saturated rings. The van der Waals surface area contributed by atoms with Crippen LogP contribution in [-0.2, 0) is 0 Å². The molecule has 0 bridgehead atoms. The van der Waals surface area contributed by atoms with Crippen LogP contribution in [0.1, 0.15) is 15.9 Å². The first-order chi connectivity index (χ1) is 12.6. The van der Waals surface area contributed by atoms with E-state index in [9.17, 15) is 13.6 Å². The molecule has 3 rings (SSSR count). The number of benzene rings is 2. The number of hydrogen-bond donors (Lipinski definition) is 2. The summed E-state index contributed by atoms with van der Waals surface area (Å²) in [6.07, 6.45) is 2.98. The average molecular weight is 359 g/mol. The third-order valence-electron chi connectivity index (χ3n) is 3.62. The van der Waals surface area contributed by atoms with E-state index in [2.05, 4.69) is 20.2 Å². The molecule has 0 saturated heterocycles. The third kappa shape index (κ3) is 3.80. The van der Waals surface area contributed by atoms with Crippen LogP contribution < -0.4 is 14.9 Å². The monoisotopic (exact) mass is 359 g/mol. The number of nitrogens with one attached hydrogen (secondary N) is 2. The molecular weight excluding hydrogens is 344 g/mol. The van der Waals surface area contributed by atoms with Crippen molar-refractivity contribution in [3.05, 3.63) is 59.8 Å². The predicted molar refractivity (Wildman–Crippen MR) is 93.0 cm³/mol. The summed E-state index contributed by atoms with van der Waals surface area (Å²) < 4.78 is 34.0. The van der Waals surface area contributed by atoms with Crippen LogP contribution >= 0.6 is 0 Å². The van der Waals surface area contributed by atoms with Crippen molar-refractivity contribution in [3.63, 3.8) is 0 Å². The lowest BCUT2D eigenvalue weighted by Gasteiger charge is -2.09. The van der Waals surface area contributed by atoms with E-state index in [0.29, 0.717) is 11.1 Å². The van der Waals surface area contributed by atoms with E-state index in [1.165, 1.54) is 31.5 Å². The number of H-pyrrole nitrogens is 1. The van der Waals surface area contributed by atoms with Crippen LogP contribution in [0.4, 0.5) is 8.78 Å². The van der Waals surface area contributed by atoms with E-state index in [1.54, 1.807) is 6.20 Å². The summed E-state index contributed by atoms with van der Waals surface area (Å²) in [5, 5.41) is 4.67. The topological polar surface area (TPSA) is 75.7 Å². The minimum absolute atomic E-state index is 0.0810. The summed E-state index contributed by atoms with van der Waals surface area (Å²) in [4.78, 5) is 15.2. The van der Waals surface area contributed by atoms with E-state index in [-0.39, 0.29) is 17.4 Å². The molecule has 0 spiro atoms. The molecule has 0 aliphatic rings. The standard InChI is InChI=1S/C18H15F2N3O3/c1-25-16-8-11(6-7-15(16)26-18(19)20)9-22-23-17(24)13-10-21-14-5-3-2-4-12(13)14/h2-10,18,21H,1H3,(H,23,24)/b22-9+. The van der Waals surface area contributed by atoms with E-state index >= 15 is 0 Å². The summed E-state index contributed by atoms with van der Waals surface area (Å²) in [6, 6.07) is 11.7. The molecule has 8 heteroatoms. The Bertz CT molecular complexity index is 954. The zero-order chi connectivity index (χ0) is 18.5. The lowest BCUT2D eigenvalue weighted by atomic mass is 10.2. The maximum atomic E-state index is 12.3. The van der Waals surface area contributed by atoms with Gasteiger partial charge in [-0.1, -0.05) is 18.2 Å². The Morgan fingerprint density at radius 1 is 1.23 bits per heavy atom. The number of hydrogen-bond acceptors (Lipinski definition) is 4. The second-order valence-corrected chi connectivity index (χ2v) is 5.24. The minimum atomic E-state index is -2.95. The van der Waals surface area contributed by atoms with Crippen LogP contribution in [-0.4, -0.2) is 30.8 Å². The summed E-state index contributed by atoms with van der Waals surface area (Å²) in [7, 11) is 1.34. The Hall–Kier alpha value is -3.42.